The number of aromatic nitrogens is 2. The molecule has 0 aliphatic carbocycles. The molecule has 0 radical (unpaired) electrons. The molecule has 0 aromatic carbocycles. The molecule has 1 fully saturated rings. The van der Waals surface area contributed by atoms with Gasteiger partial charge in [0.15, 0.2) is 0 Å². The predicted molar refractivity (Wildman–Crippen MR) is 85.5 cm³/mol. The summed E-state index contributed by atoms with van der Waals surface area (Å²) in [6.07, 6.45) is 1.92. The molecule has 0 atom stereocenters. The third kappa shape index (κ3) is 4.17. The number of rotatable bonds is 5. The maximum atomic E-state index is 12.3. The second-order valence-corrected chi connectivity index (χ2v) is 7.66. The number of carbonyl (C=O) groups is 1. The topological polar surface area (TPSA) is 103 Å². The molecule has 1 aliphatic rings. The van der Waals surface area contributed by atoms with Gasteiger partial charge in [-0.2, -0.15) is 4.31 Å². The van der Waals surface area contributed by atoms with E-state index in [1.54, 1.807) is 11.8 Å². The molecule has 0 bridgehead atoms. The molecular formula is C14H22N4O4S. The zero-order valence-corrected chi connectivity index (χ0v) is 14.2. The third-order valence-electron chi connectivity index (χ3n) is 3.95. The number of piperazine rings is 1. The number of nitrogens with one attached hydrogen (secondary N) is 1. The van der Waals surface area contributed by atoms with Gasteiger partial charge in [0, 0.05) is 31.7 Å². The Hall–Kier alpha value is -1.74. The molecule has 1 aliphatic heterocycles. The Labute approximate surface area is 135 Å². The molecule has 1 aromatic heterocycles. The largest absolute Gasteiger partial charge is 0.340 e. The van der Waals surface area contributed by atoms with Gasteiger partial charge in [-0.3, -0.25) is 9.59 Å². The molecule has 0 spiro atoms. The van der Waals surface area contributed by atoms with Gasteiger partial charge in [-0.15, -0.1) is 0 Å². The first kappa shape index (κ1) is 17.6. The van der Waals surface area contributed by atoms with E-state index in [1.807, 2.05) is 6.92 Å². The standard InChI is InChI=1S/C14H22N4O4S/c1-3-8-23(21,22)18-6-4-17(5-7-18)13(19)9-12-11(2)14(20)16-10-15-12/h10H,3-9H2,1-2H3,(H,15,16,20). The summed E-state index contributed by atoms with van der Waals surface area (Å²) in [5.41, 5.74) is 0.642. The van der Waals surface area contributed by atoms with Crippen molar-refractivity contribution in [2.75, 3.05) is 31.9 Å². The summed E-state index contributed by atoms with van der Waals surface area (Å²) in [4.78, 5) is 32.0. The lowest BCUT2D eigenvalue weighted by Gasteiger charge is -2.34. The first-order valence-electron chi connectivity index (χ1n) is 7.64. The maximum absolute atomic E-state index is 12.3. The maximum Gasteiger partial charge on any atom is 0.253 e. The van der Waals surface area contributed by atoms with Crippen molar-refractivity contribution in [2.45, 2.75) is 26.7 Å². The summed E-state index contributed by atoms with van der Waals surface area (Å²) < 4.78 is 25.5. The fourth-order valence-corrected chi connectivity index (χ4v) is 4.03. The van der Waals surface area contributed by atoms with Gasteiger partial charge in [-0.1, -0.05) is 6.92 Å². The van der Waals surface area contributed by atoms with Crippen LogP contribution in [-0.2, 0) is 21.2 Å². The highest BCUT2D eigenvalue weighted by molar-refractivity contribution is 7.89. The quantitative estimate of drug-likeness (QED) is 0.777. The Morgan fingerprint density at radius 1 is 1.30 bits per heavy atom. The molecule has 1 aromatic rings. The van der Waals surface area contributed by atoms with Crippen LogP contribution in [0.5, 0.6) is 0 Å². The Morgan fingerprint density at radius 3 is 2.57 bits per heavy atom. The third-order valence-corrected chi connectivity index (χ3v) is 6.03. The van der Waals surface area contributed by atoms with Crippen LogP contribution in [0, 0.1) is 6.92 Å². The van der Waals surface area contributed by atoms with Crippen LogP contribution in [0.4, 0.5) is 0 Å². The Bertz CT molecular complexity index is 721. The lowest BCUT2D eigenvalue weighted by atomic mass is 10.1. The second-order valence-electron chi connectivity index (χ2n) is 5.58. The average molecular weight is 342 g/mol. The van der Waals surface area contributed by atoms with Crippen molar-refractivity contribution in [3.63, 3.8) is 0 Å². The van der Waals surface area contributed by atoms with Crippen LogP contribution in [-0.4, -0.2) is 65.4 Å². The SMILES string of the molecule is CCCS(=O)(=O)N1CCN(C(=O)Cc2nc[nH]c(=O)c2C)CC1. The van der Waals surface area contributed by atoms with E-state index in [-0.39, 0.29) is 23.6 Å². The molecule has 2 rings (SSSR count). The zero-order valence-electron chi connectivity index (χ0n) is 13.4. The highest BCUT2D eigenvalue weighted by Gasteiger charge is 2.28. The van der Waals surface area contributed by atoms with Crippen LogP contribution in [0.3, 0.4) is 0 Å². The minimum atomic E-state index is -3.22. The number of carbonyl (C=O) groups excluding carboxylic acids is 1. The van der Waals surface area contributed by atoms with Gasteiger partial charge in [-0.25, -0.2) is 13.4 Å². The number of nitrogens with zero attached hydrogens (tertiary/aromatic N) is 3. The fourth-order valence-electron chi connectivity index (χ4n) is 2.54. The molecule has 128 valence electrons. The van der Waals surface area contributed by atoms with E-state index in [4.69, 9.17) is 0 Å². The number of aromatic amines is 1. The van der Waals surface area contributed by atoms with Crippen LogP contribution in [0.15, 0.2) is 11.1 Å². The van der Waals surface area contributed by atoms with Crippen molar-refractivity contribution in [1.82, 2.24) is 19.2 Å². The van der Waals surface area contributed by atoms with Crippen LogP contribution in [0.2, 0.25) is 0 Å². The van der Waals surface area contributed by atoms with Crippen molar-refractivity contribution in [3.8, 4) is 0 Å². The van der Waals surface area contributed by atoms with E-state index in [0.29, 0.717) is 43.9 Å². The molecule has 1 N–H and O–H groups in total. The van der Waals surface area contributed by atoms with Crippen LogP contribution >= 0.6 is 0 Å². The molecule has 8 nitrogen and oxygen atoms in total. The van der Waals surface area contributed by atoms with Crippen LogP contribution in [0.25, 0.3) is 0 Å². The van der Waals surface area contributed by atoms with E-state index in [9.17, 15) is 18.0 Å². The molecule has 2 heterocycles. The first-order valence-corrected chi connectivity index (χ1v) is 9.25. The Kier molecular flexibility index (Phi) is 5.53. The number of amides is 1. The average Bonchev–Trinajstić information content (AvgIpc) is 2.52. The van der Waals surface area contributed by atoms with Gasteiger partial charge in [-0.05, 0) is 13.3 Å². The van der Waals surface area contributed by atoms with Gasteiger partial charge in [0.2, 0.25) is 15.9 Å². The number of sulfonamides is 1. The predicted octanol–water partition coefficient (Wildman–Crippen LogP) is -0.495. The smallest absolute Gasteiger partial charge is 0.253 e. The highest BCUT2D eigenvalue weighted by atomic mass is 32.2. The summed E-state index contributed by atoms with van der Waals surface area (Å²) in [6, 6.07) is 0. The summed E-state index contributed by atoms with van der Waals surface area (Å²) in [5.74, 6) is -0.00429. The van der Waals surface area contributed by atoms with Gasteiger partial charge in [0.05, 0.1) is 24.2 Å². The monoisotopic (exact) mass is 342 g/mol. The van der Waals surface area contributed by atoms with Gasteiger partial charge < -0.3 is 9.88 Å². The highest BCUT2D eigenvalue weighted by Crippen LogP contribution is 2.11. The molecule has 23 heavy (non-hydrogen) atoms. The fraction of sp³-hybridized carbons (Fsp3) is 0.643. The minimum absolute atomic E-state index is 0.0530. The number of H-pyrrole nitrogens is 1. The van der Waals surface area contributed by atoms with E-state index >= 15 is 0 Å². The molecule has 9 heteroatoms. The summed E-state index contributed by atoms with van der Waals surface area (Å²) >= 11 is 0. The van der Waals surface area contributed by atoms with Crippen LogP contribution in [0.1, 0.15) is 24.6 Å². The molecule has 1 amide bonds. The number of hydrogen-bond acceptors (Lipinski definition) is 5. The summed E-state index contributed by atoms with van der Waals surface area (Å²) in [6.45, 7) is 4.82. The van der Waals surface area contributed by atoms with Crippen LogP contribution < -0.4 is 5.56 Å². The van der Waals surface area contributed by atoms with E-state index in [0.717, 1.165) is 0 Å². The minimum Gasteiger partial charge on any atom is -0.340 e. The molecular weight excluding hydrogens is 320 g/mol. The van der Waals surface area contributed by atoms with E-state index in [1.165, 1.54) is 10.6 Å². The van der Waals surface area contributed by atoms with Crippen molar-refractivity contribution in [2.24, 2.45) is 0 Å². The van der Waals surface area contributed by atoms with Crippen molar-refractivity contribution in [1.29, 1.82) is 0 Å². The van der Waals surface area contributed by atoms with Gasteiger partial charge >= 0.3 is 0 Å². The van der Waals surface area contributed by atoms with Crippen molar-refractivity contribution >= 4 is 15.9 Å². The normalized spacial score (nSPS) is 16.5. The van der Waals surface area contributed by atoms with Crippen molar-refractivity contribution < 1.29 is 13.2 Å². The lowest BCUT2D eigenvalue weighted by Crippen LogP contribution is -2.51. The zero-order chi connectivity index (χ0) is 17.0. The summed E-state index contributed by atoms with van der Waals surface area (Å²) in [7, 11) is -3.22. The summed E-state index contributed by atoms with van der Waals surface area (Å²) in [5, 5.41) is 0. The lowest BCUT2D eigenvalue weighted by molar-refractivity contribution is -0.131. The number of hydrogen-bond donors (Lipinski definition) is 1. The van der Waals surface area contributed by atoms with E-state index in [2.05, 4.69) is 9.97 Å². The van der Waals surface area contributed by atoms with Gasteiger partial charge in [0.25, 0.3) is 5.56 Å². The first-order chi connectivity index (χ1) is 10.8. The van der Waals surface area contributed by atoms with Crippen molar-refractivity contribution in [3.05, 3.63) is 27.9 Å². The van der Waals surface area contributed by atoms with E-state index < -0.39 is 10.0 Å². The van der Waals surface area contributed by atoms with Gasteiger partial charge in [0.1, 0.15) is 0 Å². The Morgan fingerprint density at radius 2 is 1.96 bits per heavy atom. The molecule has 0 unspecified atom stereocenters. The second kappa shape index (κ2) is 7.22. The Balaban J connectivity index is 1.96. The molecule has 1 saturated heterocycles. The molecule has 0 saturated carbocycles.